The van der Waals surface area contributed by atoms with E-state index in [-0.39, 0.29) is 12.3 Å². The molecule has 0 fully saturated rings. The van der Waals surface area contributed by atoms with Gasteiger partial charge in [-0.3, -0.25) is 10.1 Å². The van der Waals surface area contributed by atoms with E-state index in [1.165, 1.54) is 12.1 Å². The first kappa shape index (κ1) is 13.2. The van der Waals surface area contributed by atoms with E-state index < -0.39 is 16.3 Å². The normalized spacial score (nSPS) is 13.1. The molecular formula is C12H15NO4. The molecule has 0 aromatic heterocycles. The summed E-state index contributed by atoms with van der Waals surface area (Å²) in [5, 5.41) is 19.8. The number of phenols is 1. The van der Waals surface area contributed by atoms with Crippen molar-refractivity contribution in [3.05, 3.63) is 39.9 Å². The summed E-state index contributed by atoms with van der Waals surface area (Å²) in [7, 11) is 0. The third kappa shape index (κ3) is 3.27. The van der Waals surface area contributed by atoms with Crippen LogP contribution in [0.3, 0.4) is 0 Å². The standard InChI is InChI=1S/C12H15NO4/c1-12(2,8-14)11(7-13(16)17)9-3-5-10(15)6-4-9/h3-6,8,11,15H,7H2,1-2H3. The summed E-state index contributed by atoms with van der Waals surface area (Å²) in [6.45, 7) is 3.03. The molecule has 92 valence electrons. The van der Waals surface area contributed by atoms with Crippen molar-refractivity contribution in [3.8, 4) is 5.75 Å². The number of nitrogens with zero attached hydrogens (tertiary/aromatic N) is 1. The molecule has 5 heteroatoms. The number of rotatable bonds is 5. The molecule has 0 amide bonds. The van der Waals surface area contributed by atoms with Crippen molar-refractivity contribution in [2.45, 2.75) is 19.8 Å². The van der Waals surface area contributed by atoms with Gasteiger partial charge >= 0.3 is 0 Å². The minimum absolute atomic E-state index is 0.0949. The topological polar surface area (TPSA) is 80.4 Å². The molecule has 0 spiro atoms. The molecule has 5 nitrogen and oxygen atoms in total. The Bertz CT molecular complexity index is 411. The molecule has 1 aromatic rings. The van der Waals surface area contributed by atoms with E-state index in [0.717, 1.165) is 6.29 Å². The Balaban J connectivity index is 3.10. The van der Waals surface area contributed by atoms with Crippen molar-refractivity contribution in [1.29, 1.82) is 0 Å². The van der Waals surface area contributed by atoms with Crippen LogP contribution in [-0.2, 0) is 4.79 Å². The average Bonchev–Trinajstić information content (AvgIpc) is 2.27. The number of nitro groups is 1. The highest BCUT2D eigenvalue weighted by Crippen LogP contribution is 2.34. The quantitative estimate of drug-likeness (QED) is 0.482. The predicted octanol–water partition coefficient (Wildman–Crippen LogP) is 1.98. The molecule has 0 aliphatic rings. The highest BCUT2D eigenvalue weighted by molar-refractivity contribution is 5.60. The molecule has 1 rings (SSSR count). The molecule has 1 aromatic carbocycles. The molecule has 0 aliphatic heterocycles. The number of carbonyl (C=O) groups excluding carboxylic acids is 1. The Morgan fingerprint density at radius 1 is 1.41 bits per heavy atom. The van der Waals surface area contributed by atoms with Gasteiger partial charge in [-0.15, -0.1) is 0 Å². The van der Waals surface area contributed by atoms with Gasteiger partial charge in [0.05, 0.1) is 5.92 Å². The number of benzene rings is 1. The predicted molar refractivity (Wildman–Crippen MR) is 62.6 cm³/mol. The van der Waals surface area contributed by atoms with Crippen LogP contribution < -0.4 is 0 Å². The zero-order valence-corrected chi connectivity index (χ0v) is 9.79. The van der Waals surface area contributed by atoms with Gasteiger partial charge in [0.15, 0.2) is 0 Å². The average molecular weight is 237 g/mol. The van der Waals surface area contributed by atoms with Crippen LogP contribution in [0.4, 0.5) is 0 Å². The summed E-state index contributed by atoms with van der Waals surface area (Å²) in [4.78, 5) is 21.2. The fraction of sp³-hybridized carbons (Fsp3) is 0.417. The van der Waals surface area contributed by atoms with Crippen LogP contribution in [0.1, 0.15) is 25.3 Å². The molecule has 1 N–H and O–H groups in total. The van der Waals surface area contributed by atoms with Crippen LogP contribution in [0.2, 0.25) is 0 Å². The van der Waals surface area contributed by atoms with Crippen molar-refractivity contribution in [2.75, 3.05) is 6.54 Å². The van der Waals surface area contributed by atoms with Crippen LogP contribution in [0.5, 0.6) is 5.75 Å². The van der Waals surface area contributed by atoms with Crippen molar-refractivity contribution in [2.24, 2.45) is 5.41 Å². The van der Waals surface area contributed by atoms with Crippen molar-refractivity contribution in [1.82, 2.24) is 0 Å². The lowest BCUT2D eigenvalue weighted by atomic mass is 9.76. The van der Waals surface area contributed by atoms with Crippen LogP contribution in [0.25, 0.3) is 0 Å². The lowest BCUT2D eigenvalue weighted by molar-refractivity contribution is -0.485. The summed E-state index contributed by atoms with van der Waals surface area (Å²) in [6, 6.07) is 6.13. The Kier molecular flexibility index (Phi) is 3.83. The zero-order valence-electron chi connectivity index (χ0n) is 9.79. The summed E-state index contributed by atoms with van der Waals surface area (Å²) in [6.07, 6.45) is 0.730. The Morgan fingerprint density at radius 3 is 2.35 bits per heavy atom. The van der Waals surface area contributed by atoms with Gasteiger partial charge in [0.1, 0.15) is 12.0 Å². The van der Waals surface area contributed by atoms with Crippen LogP contribution >= 0.6 is 0 Å². The highest BCUT2D eigenvalue weighted by atomic mass is 16.6. The van der Waals surface area contributed by atoms with Crippen LogP contribution in [0.15, 0.2) is 24.3 Å². The van der Waals surface area contributed by atoms with Crippen LogP contribution in [0, 0.1) is 15.5 Å². The minimum Gasteiger partial charge on any atom is -0.508 e. The Labute approximate surface area is 99.2 Å². The highest BCUT2D eigenvalue weighted by Gasteiger charge is 2.34. The van der Waals surface area contributed by atoms with Crippen LogP contribution in [-0.4, -0.2) is 22.9 Å². The lowest BCUT2D eigenvalue weighted by Gasteiger charge is -2.26. The van der Waals surface area contributed by atoms with Gasteiger partial charge in [0.25, 0.3) is 0 Å². The van der Waals surface area contributed by atoms with E-state index in [1.54, 1.807) is 26.0 Å². The fourth-order valence-electron chi connectivity index (χ4n) is 1.71. The smallest absolute Gasteiger partial charge is 0.211 e. The molecule has 1 unspecified atom stereocenters. The number of hydrogen-bond acceptors (Lipinski definition) is 4. The maximum atomic E-state index is 11.0. The first-order valence-electron chi connectivity index (χ1n) is 5.24. The largest absolute Gasteiger partial charge is 0.508 e. The summed E-state index contributed by atoms with van der Waals surface area (Å²) >= 11 is 0. The van der Waals surface area contributed by atoms with Gasteiger partial charge < -0.3 is 9.90 Å². The van der Waals surface area contributed by atoms with Gasteiger partial charge in [0.2, 0.25) is 6.54 Å². The molecule has 1 atom stereocenters. The molecule has 0 radical (unpaired) electrons. The monoisotopic (exact) mass is 237 g/mol. The second-order valence-electron chi connectivity index (χ2n) is 4.60. The van der Waals surface area contributed by atoms with Gasteiger partial charge in [0, 0.05) is 10.3 Å². The van der Waals surface area contributed by atoms with Gasteiger partial charge in [-0.05, 0) is 17.7 Å². The minimum atomic E-state index is -0.815. The number of carbonyl (C=O) groups is 1. The van der Waals surface area contributed by atoms with E-state index in [9.17, 15) is 20.0 Å². The Morgan fingerprint density at radius 2 is 1.94 bits per heavy atom. The fourth-order valence-corrected chi connectivity index (χ4v) is 1.71. The number of phenolic OH excluding ortho intramolecular Hbond substituents is 1. The summed E-state index contributed by atoms with van der Waals surface area (Å²) in [5.41, 5.74) is -0.138. The summed E-state index contributed by atoms with van der Waals surface area (Å²) in [5.74, 6) is -0.409. The molecular weight excluding hydrogens is 222 g/mol. The molecule has 0 saturated heterocycles. The van der Waals surface area contributed by atoms with Gasteiger partial charge in [-0.1, -0.05) is 26.0 Å². The maximum Gasteiger partial charge on any atom is 0.211 e. The van der Waals surface area contributed by atoms with Gasteiger partial charge in [-0.2, -0.15) is 0 Å². The second kappa shape index (κ2) is 4.95. The first-order valence-corrected chi connectivity index (χ1v) is 5.24. The van der Waals surface area contributed by atoms with Crippen molar-refractivity contribution in [3.63, 3.8) is 0 Å². The Hall–Kier alpha value is -1.91. The lowest BCUT2D eigenvalue weighted by Crippen LogP contribution is -2.29. The van der Waals surface area contributed by atoms with Crippen molar-refractivity contribution >= 4 is 6.29 Å². The first-order chi connectivity index (χ1) is 7.86. The van der Waals surface area contributed by atoms with E-state index in [1.807, 2.05) is 0 Å². The van der Waals surface area contributed by atoms with E-state index in [2.05, 4.69) is 0 Å². The summed E-state index contributed by atoms with van der Waals surface area (Å²) < 4.78 is 0. The van der Waals surface area contributed by atoms with Crippen molar-refractivity contribution < 1.29 is 14.8 Å². The number of aromatic hydroxyl groups is 1. The van der Waals surface area contributed by atoms with E-state index in [0.29, 0.717) is 5.56 Å². The third-order valence-electron chi connectivity index (χ3n) is 2.83. The number of hydrogen-bond donors (Lipinski definition) is 1. The SMILES string of the molecule is CC(C)(C=O)C(C[N+](=O)[O-])c1ccc(O)cc1. The molecule has 0 saturated carbocycles. The third-order valence-corrected chi connectivity index (χ3v) is 2.83. The van der Waals surface area contributed by atoms with E-state index >= 15 is 0 Å². The maximum absolute atomic E-state index is 11.0. The van der Waals surface area contributed by atoms with Gasteiger partial charge in [-0.25, -0.2) is 0 Å². The molecule has 0 bridgehead atoms. The second-order valence-corrected chi connectivity index (χ2v) is 4.60. The van der Waals surface area contributed by atoms with E-state index in [4.69, 9.17) is 0 Å². The number of aldehydes is 1. The molecule has 0 heterocycles. The zero-order chi connectivity index (χ0) is 13.1. The molecule has 17 heavy (non-hydrogen) atoms. The molecule has 0 aliphatic carbocycles.